The summed E-state index contributed by atoms with van der Waals surface area (Å²) >= 11 is 2.02. The van der Waals surface area contributed by atoms with Crippen molar-refractivity contribution in [2.75, 3.05) is 32.2 Å². The van der Waals surface area contributed by atoms with Gasteiger partial charge in [0.25, 0.3) is 0 Å². The van der Waals surface area contributed by atoms with Gasteiger partial charge in [0.15, 0.2) is 0 Å². The topological polar surface area (TPSA) is 38.5 Å². The molecule has 1 aliphatic rings. The third kappa shape index (κ3) is 3.25. The van der Waals surface area contributed by atoms with Crippen LogP contribution in [0.1, 0.15) is 18.4 Å². The van der Waals surface area contributed by atoms with Crippen molar-refractivity contribution < 1.29 is 4.74 Å². The molecule has 0 bridgehead atoms. The summed E-state index contributed by atoms with van der Waals surface area (Å²) in [5, 5.41) is 0. The fourth-order valence-corrected chi connectivity index (χ4v) is 4.07. The summed E-state index contributed by atoms with van der Waals surface area (Å²) in [4.78, 5) is 2.41. The Morgan fingerprint density at radius 3 is 2.84 bits per heavy atom. The van der Waals surface area contributed by atoms with Gasteiger partial charge >= 0.3 is 0 Å². The van der Waals surface area contributed by atoms with Crippen molar-refractivity contribution in [3.8, 4) is 5.75 Å². The van der Waals surface area contributed by atoms with Gasteiger partial charge in [-0.05, 0) is 31.7 Å². The van der Waals surface area contributed by atoms with Crippen molar-refractivity contribution in [1.82, 2.24) is 4.90 Å². The normalized spacial score (nSPS) is 23.6. The lowest BCUT2D eigenvalue weighted by Crippen LogP contribution is -2.55. The number of likely N-dealkylation sites (N-methyl/N-ethyl adjacent to an activating group) is 1. The van der Waals surface area contributed by atoms with E-state index in [0.717, 1.165) is 24.6 Å². The van der Waals surface area contributed by atoms with Gasteiger partial charge in [-0.1, -0.05) is 18.2 Å². The zero-order valence-corrected chi connectivity index (χ0v) is 12.7. The van der Waals surface area contributed by atoms with Gasteiger partial charge in [0.2, 0.25) is 0 Å². The van der Waals surface area contributed by atoms with Gasteiger partial charge < -0.3 is 10.5 Å². The molecule has 3 nitrogen and oxygen atoms in total. The molecule has 1 unspecified atom stereocenters. The zero-order valence-electron chi connectivity index (χ0n) is 11.9. The van der Waals surface area contributed by atoms with E-state index in [2.05, 4.69) is 24.1 Å². The summed E-state index contributed by atoms with van der Waals surface area (Å²) in [6.07, 6.45) is 2.46. The van der Waals surface area contributed by atoms with Gasteiger partial charge in [-0.15, -0.1) is 0 Å². The van der Waals surface area contributed by atoms with Gasteiger partial charge in [0.05, 0.1) is 7.11 Å². The van der Waals surface area contributed by atoms with Gasteiger partial charge in [0.1, 0.15) is 5.75 Å². The SMILES string of the molecule is COc1ccccc1CN(C)C1(CN)CCCSC1. The predicted molar refractivity (Wildman–Crippen MR) is 82.8 cm³/mol. The number of rotatable bonds is 5. The van der Waals surface area contributed by atoms with Gasteiger partial charge in [-0.25, -0.2) is 0 Å². The van der Waals surface area contributed by atoms with E-state index in [1.54, 1.807) is 7.11 Å². The van der Waals surface area contributed by atoms with E-state index >= 15 is 0 Å². The lowest BCUT2D eigenvalue weighted by atomic mass is 9.93. The molecule has 0 saturated carbocycles. The number of hydrogen-bond donors (Lipinski definition) is 1. The molecule has 0 spiro atoms. The van der Waals surface area contributed by atoms with E-state index in [-0.39, 0.29) is 5.54 Å². The largest absolute Gasteiger partial charge is 0.496 e. The highest BCUT2D eigenvalue weighted by molar-refractivity contribution is 7.99. The third-order valence-corrected chi connectivity index (χ3v) is 5.41. The monoisotopic (exact) mass is 280 g/mol. The van der Waals surface area contributed by atoms with E-state index in [9.17, 15) is 0 Å². The van der Waals surface area contributed by atoms with Crippen LogP contribution in [0.4, 0.5) is 0 Å². The number of nitrogens with zero attached hydrogens (tertiary/aromatic N) is 1. The number of methoxy groups -OCH3 is 1. The first kappa shape index (κ1) is 14.7. The molecule has 0 aromatic heterocycles. The molecule has 1 aromatic carbocycles. The summed E-state index contributed by atoms with van der Waals surface area (Å²) in [6.45, 7) is 1.62. The minimum atomic E-state index is 0.143. The lowest BCUT2D eigenvalue weighted by molar-refractivity contribution is 0.126. The van der Waals surface area contributed by atoms with Crippen molar-refractivity contribution in [3.05, 3.63) is 29.8 Å². The van der Waals surface area contributed by atoms with Crippen LogP contribution in [0, 0.1) is 0 Å². The molecule has 1 fully saturated rings. The standard InChI is InChI=1S/C15H24N2OS/c1-17(15(11-16)8-5-9-19-12-15)10-13-6-3-4-7-14(13)18-2/h3-4,6-7H,5,8-12,16H2,1-2H3. The number of thioether (sulfide) groups is 1. The van der Waals surface area contributed by atoms with E-state index in [1.807, 2.05) is 23.9 Å². The maximum atomic E-state index is 6.08. The number of para-hydroxylation sites is 1. The second-order valence-electron chi connectivity index (χ2n) is 5.25. The minimum absolute atomic E-state index is 0.143. The number of ether oxygens (including phenoxy) is 1. The van der Waals surface area contributed by atoms with Crippen LogP contribution in [0.3, 0.4) is 0 Å². The zero-order chi connectivity index (χ0) is 13.7. The molecule has 1 atom stereocenters. The van der Waals surface area contributed by atoms with Crippen LogP contribution >= 0.6 is 11.8 Å². The van der Waals surface area contributed by atoms with Crippen LogP contribution in [0.15, 0.2) is 24.3 Å². The highest BCUT2D eigenvalue weighted by atomic mass is 32.2. The van der Waals surface area contributed by atoms with Crippen molar-refractivity contribution in [1.29, 1.82) is 0 Å². The van der Waals surface area contributed by atoms with Gasteiger partial charge in [0, 0.05) is 29.9 Å². The van der Waals surface area contributed by atoms with Crippen LogP contribution in [-0.4, -0.2) is 42.6 Å². The van der Waals surface area contributed by atoms with Crippen molar-refractivity contribution in [2.24, 2.45) is 5.73 Å². The van der Waals surface area contributed by atoms with Gasteiger partial charge in [-0.2, -0.15) is 11.8 Å². The molecular weight excluding hydrogens is 256 g/mol. The quantitative estimate of drug-likeness (QED) is 0.898. The second-order valence-corrected chi connectivity index (χ2v) is 6.36. The van der Waals surface area contributed by atoms with E-state index in [1.165, 1.54) is 24.2 Å². The van der Waals surface area contributed by atoms with Crippen LogP contribution < -0.4 is 10.5 Å². The maximum absolute atomic E-state index is 6.08. The van der Waals surface area contributed by atoms with Crippen molar-refractivity contribution in [2.45, 2.75) is 24.9 Å². The Morgan fingerprint density at radius 2 is 2.21 bits per heavy atom. The summed E-state index contributed by atoms with van der Waals surface area (Å²) in [7, 11) is 3.92. The second kappa shape index (κ2) is 6.64. The highest BCUT2D eigenvalue weighted by Gasteiger charge is 2.35. The van der Waals surface area contributed by atoms with Crippen LogP contribution in [0.25, 0.3) is 0 Å². The molecule has 0 radical (unpaired) electrons. The average Bonchev–Trinajstić information content (AvgIpc) is 2.48. The third-order valence-electron chi connectivity index (χ3n) is 4.09. The molecular formula is C15H24N2OS. The van der Waals surface area contributed by atoms with Gasteiger partial charge in [-0.3, -0.25) is 4.90 Å². The minimum Gasteiger partial charge on any atom is -0.496 e. The molecule has 1 heterocycles. The molecule has 0 amide bonds. The maximum Gasteiger partial charge on any atom is 0.123 e. The number of benzene rings is 1. The highest BCUT2D eigenvalue weighted by Crippen LogP contribution is 2.32. The summed E-state index contributed by atoms with van der Waals surface area (Å²) in [5.74, 6) is 3.37. The summed E-state index contributed by atoms with van der Waals surface area (Å²) in [5.41, 5.74) is 7.45. The molecule has 2 N–H and O–H groups in total. The molecule has 0 aliphatic carbocycles. The Kier molecular flexibility index (Phi) is 5.13. The molecule has 19 heavy (non-hydrogen) atoms. The summed E-state index contributed by atoms with van der Waals surface area (Å²) in [6, 6.07) is 8.23. The molecule has 1 saturated heterocycles. The fraction of sp³-hybridized carbons (Fsp3) is 0.600. The Bertz CT molecular complexity index is 405. The molecule has 4 heteroatoms. The molecule has 1 aromatic rings. The van der Waals surface area contributed by atoms with E-state index in [4.69, 9.17) is 10.5 Å². The van der Waals surface area contributed by atoms with E-state index < -0.39 is 0 Å². The van der Waals surface area contributed by atoms with Crippen LogP contribution in [0.2, 0.25) is 0 Å². The Hall–Kier alpha value is -0.710. The van der Waals surface area contributed by atoms with Crippen LogP contribution in [0.5, 0.6) is 5.75 Å². The molecule has 106 valence electrons. The first-order valence-electron chi connectivity index (χ1n) is 6.83. The Balaban J connectivity index is 2.12. The first-order chi connectivity index (χ1) is 9.22. The molecule has 1 aliphatic heterocycles. The smallest absolute Gasteiger partial charge is 0.123 e. The number of nitrogens with two attached hydrogens (primary N) is 1. The van der Waals surface area contributed by atoms with Crippen molar-refractivity contribution >= 4 is 11.8 Å². The fourth-order valence-electron chi connectivity index (χ4n) is 2.71. The first-order valence-corrected chi connectivity index (χ1v) is 7.98. The lowest BCUT2D eigenvalue weighted by Gasteiger charge is -2.43. The molecule has 2 rings (SSSR count). The Morgan fingerprint density at radius 1 is 1.42 bits per heavy atom. The summed E-state index contributed by atoms with van der Waals surface area (Å²) < 4.78 is 5.44. The van der Waals surface area contributed by atoms with E-state index in [0.29, 0.717) is 0 Å². The Labute approximate surface area is 120 Å². The van der Waals surface area contributed by atoms with Crippen molar-refractivity contribution in [3.63, 3.8) is 0 Å². The van der Waals surface area contributed by atoms with Crippen LogP contribution in [-0.2, 0) is 6.54 Å². The average molecular weight is 280 g/mol. The predicted octanol–water partition coefficient (Wildman–Crippen LogP) is 2.35. The number of hydrogen-bond acceptors (Lipinski definition) is 4.